The standard InChI is InChI=1S/C10H18N2O4/c1-7(13)6-9(14)11-8-4-2-3-5-12(16)10(8)15/h7-8,13,16H,2-6H2,1H3,(H,11,14). The highest BCUT2D eigenvalue weighted by atomic mass is 16.5. The Morgan fingerprint density at radius 3 is 2.94 bits per heavy atom. The molecule has 1 fully saturated rings. The fraction of sp³-hybridized carbons (Fsp3) is 0.800. The van der Waals surface area contributed by atoms with Crippen molar-refractivity contribution in [2.24, 2.45) is 0 Å². The fourth-order valence-corrected chi connectivity index (χ4v) is 1.68. The van der Waals surface area contributed by atoms with Gasteiger partial charge >= 0.3 is 0 Å². The molecule has 0 bridgehead atoms. The van der Waals surface area contributed by atoms with Crippen LogP contribution in [0.3, 0.4) is 0 Å². The first-order valence-corrected chi connectivity index (χ1v) is 5.48. The first kappa shape index (κ1) is 12.9. The zero-order chi connectivity index (χ0) is 12.1. The highest BCUT2D eigenvalue weighted by Gasteiger charge is 2.27. The van der Waals surface area contributed by atoms with Gasteiger partial charge in [-0.3, -0.25) is 14.8 Å². The highest BCUT2D eigenvalue weighted by molar-refractivity contribution is 5.87. The molecule has 1 saturated heterocycles. The molecule has 0 radical (unpaired) electrons. The molecule has 2 atom stereocenters. The largest absolute Gasteiger partial charge is 0.393 e. The van der Waals surface area contributed by atoms with E-state index >= 15 is 0 Å². The molecular formula is C10H18N2O4. The first-order valence-electron chi connectivity index (χ1n) is 5.48. The van der Waals surface area contributed by atoms with Crippen LogP contribution < -0.4 is 5.32 Å². The SMILES string of the molecule is CC(O)CC(=O)NC1CCCCN(O)C1=O. The summed E-state index contributed by atoms with van der Waals surface area (Å²) in [6.07, 6.45) is 1.27. The molecule has 1 aliphatic rings. The van der Waals surface area contributed by atoms with Crippen LogP contribution in [0.2, 0.25) is 0 Å². The summed E-state index contributed by atoms with van der Waals surface area (Å²) in [6.45, 7) is 1.81. The second kappa shape index (κ2) is 5.81. The summed E-state index contributed by atoms with van der Waals surface area (Å²) in [5, 5.41) is 21.5. The second-order valence-corrected chi connectivity index (χ2v) is 4.13. The predicted octanol–water partition coefficient (Wildman–Crippen LogP) is -0.356. The number of hydrogen-bond acceptors (Lipinski definition) is 4. The molecule has 16 heavy (non-hydrogen) atoms. The Morgan fingerprint density at radius 1 is 1.62 bits per heavy atom. The summed E-state index contributed by atoms with van der Waals surface area (Å²) in [5.41, 5.74) is 0. The third kappa shape index (κ3) is 3.79. The maximum atomic E-state index is 11.6. The lowest BCUT2D eigenvalue weighted by molar-refractivity contribution is -0.167. The van der Waals surface area contributed by atoms with E-state index in [4.69, 9.17) is 5.11 Å². The van der Waals surface area contributed by atoms with Gasteiger partial charge in [-0.1, -0.05) is 0 Å². The molecule has 6 heteroatoms. The van der Waals surface area contributed by atoms with Crippen LogP contribution in [0.4, 0.5) is 0 Å². The molecular weight excluding hydrogens is 212 g/mol. The van der Waals surface area contributed by atoms with Gasteiger partial charge in [-0.25, -0.2) is 5.06 Å². The Bertz CT molecular complexity index is 268. The van der Waals surface area contributed by atoms with E-state index in [1.807, 2.05) is 0 Å². The van der Waals surface area contributed by atoms with Crippen molar-refractivity contribution < 1.29 is 19.9 Å². The second-order valence-electron chi connectivity index (χ2n) is 4.13. The number of nitrogens with one attached hydrogen (secondary N) is 1. The van der Waals surface area contributed by atoms with Gasteiger partial charge in [0.25, 0.3) is 5.91 Å². The van der Waals surface area contributed by atoms with Crippen molar-refractivity contribution in [3.05, 3.63) is 0 Å². The Morgan fingerprint density at radius 2 is 2.31 bits per heavy atom. The van der Waals surface area contributed by atoms with Crippen molar-refractivity contribution >= 4 is 11.8 Å². The van der Waals surface area contributed by atoms with Gasteiger partial charge in [0, 0.05) is 6.54 Å². The van der Waals surface area contributed by atoms with Crippen molar-refractivity contribution in [3.63, 3.8) is 0 Å². The molecule has 0 aromatic heterocycles. The number of hydroxylamine groups is 2. The number of carbonyl (C=O) groups excluding carboxylic acids is 2. The lowest BCUT2D eigenvalue weighted by Crippen LogP contribution is -2.46. The maximum Gasteiger partial charge on any atom is 0.268 e. The smallest absolute Gasteiger partial charge is 0.268 e. The highest BCUT2D eigenvalue weighted by Crippen LogP contribution is 2.10. The van der Waals surface area contributed by atoms with Gasteiger partial charge in [0.1, 0.15) is 6.04 Å². The molecule has 0 saturated carbocycles. The Hall–Kier alpha value is -1.14. The quantitative estimate of drug-likeness (QED) is 0.578. The molecule has 92 valence electrons. The van der Waals surface area contributed by atoms with Crippen LogP contribution in [-0.4, -0.2) is 45.9 Å². The molecule has 0 aromatic carbocycles. The van der Waals surface area contributed by atoms with Crippen LogP contribution >= 0.6 is 0 Å². The molecule has 1 heterocycles. The minimum absolute atomic E-state index is 0.0325. The monoisotopic (exact) mass is 230 g/mol. The van der Waals surface area contributed by atoms with Gasteiger partial charge in [-0.15, -0.1) is 0 Å². The van der Waals surface area contributed by atoms with Crippen LogP contribution in [0.15, 0.2) is 0 Å². The van der Waals surface area contributed by atoms with E-state index in [0.717, 1.165) is 12.8 Å². The Balaban J connectivity index is 2.50. The first-order chi connectivity index (χ1) is 7.50. The molecule has 0 aromatic rings. The lowest BCUT2D eigenvalue weighted by Gasteiger charge is -2.19. The summed E-state index contributed by atoms with van der Waals surface area (Å²) in [5.74, 6) is -0.847. The van der Waals surface area contributed by atoms with Crippen molar-refractivity contribution in [1.82, 2.24) is 10.4 Å². The van der Waals surface area contributed by atoms with Gasteiger partial charge < -0.3 is 10.4 Å². The van der Waals surface area contributed by atoms with Crippen molar-refractivity contribution in [2.45, 2.75) is 44.8 Å². The topological polar surface area (TPSA) is 89.9 Å². The molecule has 0 spiro atoms. The predicted molar refractivity (Wildman–Crippen MR) is 55.6 cm³/mol. The van der Waals surface area contributed by atoms with E-state index in [1.165, 1.54) is 6.92 Å². The van der Waals surface area contributed by atoms with Crippen LogP contribution in [0.25, 0.3) is 0 Å². The minimum Gasteiger partial charge on any atom is -0.393 e. The van der Waals surface area contributed by atoms with E-state index in [2.05, 4.69) is 5.32 Å². The van der Waals surface area contributed by atoms with E-state index in [0.29, 0.717) is 18.0 Å². The van der Waals surface area contributed by atoms with Crippen LogP contribution in [0, 0.1) is 0 Å². The Labute approximate surface area is 94.2 Å². The zero-order valence-electron chi connectivity index (χ0n) is 9.35. The molecule has 1 aliphatic heterocycles. The molecule has 0 aliphatic carbocycles. The number of carbonyl (C=O) groups is 2. The number of nitrogens with zero attached hydrogens (tertiary/aromatic N) is 1. The minimum atomic E-state index is -0.730. The zero-order valence-corrected chi connectivity index (χ0v) is 9.35. The lowest BCUT2D eigenvalue weighted by atomic mass is 10.1. The van der Waals surface area contributed by atoms with Crippen molar-refractivity contribution in [2.75, 3.05) is 6.54 Å². The third-order valence-corrected chi connectivity index (χ3v) is 2.48. The Kier molecular flexibility index (Phi) is 4.70. The maximum absolute atomic E-state index is 11.6. The summed E-state index contributed by atoms with van der Waals surface area (Å²) in [4.78, 5) is 22.9. The van der Waals surface area contributed by atoms with E-state index in [-0.39, 0.29) is 12.3 Å². The van der Waals surface area contributed by atoms with Gasteiger partial charge in [0.05, 0.1) is 12.5 Å². The van der Waals surface area contributed by atoms with E-state index in [9.17, 15) is 14.8 Å². The van der Waals surface area contributed by atoms with Gasteiger partial charge in [-0.05, 0) is 26.2 Å². The molecule has 1 rings (SSSR count). The summed E-state index contributed by atoms with van der Waals surface area (Å²) < 4.78 is 0. The summed E-state index contributed by atoms with van der Waals surface area (Å²) in [6, 6.07) is -0.668. The molecule has 2 amide bonds. The normalized spacial score (nSPS) is 23.8. The van der Waals surface area contributed by atoms with E-state index in [1.54, 1.807) is 0 Å². The average molecular weight is 230 g/mol. The van der Waals surface area contributed by atoms with Crippen LogP contribution in [0.5, 0.6) is 0 Å². The van der Waals surface area contributed by atoms with Crippen LogP contribution in [-0.2, 0) is 9.59 Å². The summed E-state index contributed by atoms with van der Waals surface area (Å²) in [7, 11) is 0. The molecule has 3 N–H and O–H groups in total. The number of hydrogen-bond donors (Lipinski definition) is 3. The van der Waals surface area contributed by atoms with E-state index < -0.39 is 18.1 Å². The number of aliphatic hydroxyl groups excluding tert-OH is 1. The number of aliphatic hydroxyl groups is 1. The summed E-state index contributed by atoms with van der Waals surface area (Å²) >= 11 is 0. The number of rotatable bonds is 3. The van der Waals surface area contributed by atoms with Crippen molar-refractivity contribution in [3.8, 4) is 0 Å². The van der Waals surface area contributed by atoms with Gasteiger partial charge in [0.15, 0.2) is 0 Å². The van der Waals surface area contributed by atoms with Crippen molar-refractivity contribution in [1.29, 1.82) is 0 Å². The van der Waals surface area contributed by atoms with Gasteiger partial charge in [0.2, 0.25) is 5.91 Å². The molecule has 6 nitrogen and oxygen atoms in total. The average Bonchev–Trinajstić information content (AvgIpc) is 2.32. The third-order valence-electron chi connectivity index (χ3n) is 2.48. The molecule has 2 unspecified atom stereocenters. The fourth-order valence-electron chi connectivity index (χ4n) is 1.68. The number of amides is 2. The van der Waals surface area contributed by atoms with Gasteiger partial charge in [-0.2, -0.15) is 0 Å². The van der Waals surface area contributed by atoms with Crippen LogP contribution in [0.1, 0.15) is 32.6 Å².